The van der Waals surface area contributed by atoms with Crippen LogP contribution in [0.15, 0.2) is 0 Å². The van der Waals surface area contributed by atoms with Gasteiger partial charge in [-0.3, -0.25) is 24.6 Å². The number of carbonyl (C=O) groups excluding carboxylic acids is 2. The van der Waals surface area contributed by atoms with E-state index in [9.17, 15) is 19.5 Å². The third-order valence-corrected chi connectivity index (χ3v) is 4.56. The predicted molar refractivity (Wildman–Crippen MR) is 72.0 cm³/mol. The van der Waals surface area contributed by atoms with Crippen LogP contribution in [-0.4, -0.2) is 45.4 Å². The number of likely N-dealkylation sites (tertiary alicyclic amines) is 1. The molecule has 112 valence electrons. The second-order valence-electron chi connectivity index (χ2n) is 5.71. The van der Waals surface area contributed by atoms with Gasteiger partial charge >= 0.3 is 5.97 Å². The van der Waals surface area contributed by atoms with Crippen LogP contribution in [0, 0.1) is 0 Å². The quantitative estimate of drug-likeness (QED) is 0.707. The summed E-state index contributed by atoms with van der Waals surface area (Å²) >= 11 is 0. The summed E-state index contributed by atoms with van der Waals surface area (Å²) in [7, 11) is 0. The molecule has 0 spiro atoms. The van der Waals surface area contributed by atoms with E-state index in [1.807, 2.05) is 13.8 Å². The maximum Gasteiger partial charge on any atom is 0.323 e. The van der Waals surface area contributed by atoms with Crippen LogP contribution < -0.4 is 5.32 Å². The highest BCUT2D eigenvalue weighted by atomic mass is 16.4. The van der Waals surface area contributed by atoms with E-state index in [-0.39, 0.29) is 24.3 Å². The third kappa shape index (κ3) is 2.32. The molecule has 0 radical (unpaired) electrons. The number of nitrogens with one attached hydrogen (secondary N) is 1. The normalized spacial score (nSPS) is 25.1. The van der Waals surface area contributed by atoms with Crippen LogP contribution in [0.1, 0.15) is 52.4 Å². The molecule has 1 aliphatic heterocycles. The van der Waals surface area contributed by atoms with E-state index in [0.717, 1.165) is 19.3 Å². The Balaban J connectivity index is 2.10. The molecule has 1 aliphatic carbocycles. The van der Waals surface area contributed by atoms with Crippen molar-refractivity contribution in [2.24, 2.45) is 0 Å². The summed E-state index contributed by atoms with van der Waals surface area (Å²) in [6, 6.07) is -0.761. The number of amides is 2. The highest BCUT2D eigenvalue weighted by molar-refractivity contribution is 6.06. The maximum absolute atomic E-state index is 12.4. The van der Waals surface area contributed by atoms with Crippen molar-refractivity contribution in [1.29, 1.82) is 0 Å². The van der Waals surface area contributed by atoms with Gasteiger partial charge < -0.3 is 5.11 Å². The summed E-state index contributed by atoms with van der Waals surface area (Å²) in [5.74, 6) is -1.39. The summed E-state index contributed by atoms with van der Waals surface area (Å²) in [6.07, 6.45) is 3.40. The molecule has 20 heavy (non-hydrogen) atoms. The van der Waals surface area contributed by atoms with Gasteiger partial charge in [0.25, 0.3) is 0 Å². The van der Waals surface area contributed by atoms with E-state index in [1.54, 1.807) is 0 Å². The molecule has 1 saturated carbocycles. The van der Waals surface area contributed by atoms with Crippen LogP contribution in [0.4, 0.5) is 0 Å². The van der Waals surface area contributed by atoms with Gasteiger partial charge in [0.1, 0.15) is 5.54 Å². The molecule has 2 aliphatic rings. The Morgan fingerprint density at radius 1 is 1.40 bits per heavy atom. The van der Waals surface area contributed by atoms with Crippen LogP contribution in [0.25, 0.3) is 0 Å². The molecular formula is C14H22N2O4. The molecule has 1 unspecified atom stereocenters. The van der Waals surface area contributed by atoms with E-state index in [2.05, 4.69) is 5.32 Å². The molecule has 6 nitrogen and oxygen atoms in total. The first-order valence-corrected chi connectivity index (χ1v) is 7.32. The van der Waals surface area contributed by atoms with Crippen molar-refractivity contribution >= 4 is 17.8 Å². The van der Waals surface area contributed by atoms with Crippen molar-refractivity contribution in [2.45, 2.75) is 70.0 Å². The number of nitrogens with zero attached hydrogens (tertiary/aromatic N) is 1. The minimum absolute atomic E-state index is 0.0738. The van der Waals surface area contributed by atoms with E-state index < -0.39 is 17.6 Å². The van der Waals surface area contributed by atoms with Crippen LogP contribution in [-0.2, 0) is 14.4 Å². The molecule has 0 bridgehead atoms. The molecule has 2 N–H and O–H groups in total. The van der Waals surface area contributed by atoms with Crippen molar-refractivity contribution in [1.82, 2.24) is 10.2 Å². The predicted octanol–water partition coefficient (Wildman–Crippen LogP) is 0.899. The highest BCUT2D eigenvalue weighted by Gasteiger charge is 2.50. The van der Waals surface area contributed by atoms with Crippen molar-refractivity contribution in [3.63, 3.8) is 0 Å². The topological polar surface area (TPSA) is 86.7 Å². The Labute approximate surface area is 118 Å². The largest absolute Gasteiger partial charge is 0.480 e. The van der Waals surface area contributed by atoms with Gasteiger partial charge in [-0.25, -0.2) is 0 Å². The van der Waals surface area contributed by atoms with Gasteiger partial charge in [-0.2, -0.15) is 0 Å². The second-order valence-corrected chi connectivity index (χ2v) is 5.71. The van der Waals surface area contributed by atoms with Crippen LogP contribution in [0.2, 0.25) is 0 Å². The average molecular weight is 282 g/mol. The number of carboxylic acids is 1. The lowest BCUT2D eigenvalue weighted by molar-refractivity contribution is -0.149. The highest BCUT2D eigenvalue weighted by Crippen LogP contribution is 2.34. The fourth-order valence-electron chi connectivity index (χ4n) is 3.09. The number of hydrogen-bond acceptors (Lipinski definition) is 4. The molecule has 1 atom stereocenters. The van der Waals surface area contributed by atoms with Crippen molar-refractivity contribution in [2.75, 3.05) is 0 Å². The van der Waals surface area contributed by atoms with E-state index in [1.165, 1.54) is 4.90 Å². The molecule has 2 fully saturated rings. The molecule has 1 saturated heterocycles. The minimum Gasteiger partial charge on any atom is -0.480 e. The van der Waals surface area contributed by atoms with Gasteiger partial charge in [0.2, 0.25) is 11.8 Å². The smallest absolute Gasteiger partial charge is 0.323 e. The van der Waals surface area contributed by atoms with Gasteiger partial charge in [-0.1, -0.05) is 13.8 Å². The fourth-order valence-corrected chi connectivity index (χ4v) is 3.09. The Kier molecular flexibility index (Phi) is 4.13. The number of rotatable bonds is 6. The maximum atomic E-state index is 12.4. The van der Waals surface area contributed by atoms with Crippen LogP contribution in [0.3, 0.4) is 0 Å². The van der Waals surface area contributed by atoms with Crippen molar-refractivity contribution in [3.8, 4) is 0 Å². The van der Waals surface area contributed by atoms with Gasteiger partial charge in [0, 0.05) is 6.04 Å². The van der Waals surface area contributed by atoms with E-state index >= 15 is 0 Å². The zero-order valence-electron chi connectivity index (χ0n) is 12.0. The third-order valence-electron chi connectivity index (χ3n) is 4.56. The van der Waals surface area contributed by atoms with E-state index in [0.29, 0.717) is 12.8 Å². The van der Waals surface area contributed by atoms with Crippen molar-refractivity contribution in [3.05, 3.63) is 0 Å². The zero-order chi connectivity index (χ0) is 14.9. The van der Waals surface area contributed by atoms with Gasteiger partial charge in [0.15, 0.2) is 0 Å². The fraction of sp³-hybridized carbons (Fsp3) is 0.786. The second kappa shape index (κ2) is 5.52. The molecule has 0 aromatic carbocycles. The number of aliphatic carboxylic acids is 1. The van der Waals surface area contributed by atoms with Gasteiger partial charge in [-0.05, 0) is 32.1 Å². The Morgan fingerprint density at radius 2 is 2.00 bits per heavy atom. The lowest BCUT2D eigenvalue weighted by Crippen LogP contribution is -2.61. The standard InChI is InChI=1S/C14H22N2O4/c1-3-9(4-2)16-11(17)8-10(12(16)18)15-14(13(19)20)6-5-7-14/h9-10,15H,3-8H2,1-2H3,(H,19,20). The lowest BCUT2D eigenvalue weighted by Gasteiger charge is -2.40. The summed E-state index contributed by atoms with van der Waals surface area (Å²) < 4.78 is 0. The average Bonchev–Trinajstić information content (AvgIpc) is 2.62. The minimum atomic E-state index is -1.01. The molecule has 2 amide bonds. The van der Waals surface area contributed by atoms with Gasteiger partial charge in [-0.15, -0.1) is 0 Å². The van der Waals surface area contributed by atoms with E-state index in [4.69, 9.17) is 0 Å². The monoisotopic (exact) mass is 282 g/mol. The number of hydrogen-bond donors (Lipinski definition) is 2. The molecular weight excluding hydrogens is 260 g/mol. The van der Waals surface area contributed by atoms with Crippen molar-refractivity contribution < 1.29 is 19.5 Å². The first-order chi connectivity index (χ1) is 9.45. The number of imide groups is 1. The molecule has 0 aromatic rings. The summed E-state index contributed by atoms with van der Waals surface area (Å²) in [6.45, 7) is 3.89. The molecule has 1 heterocycles. The summed E-state index contributed by atoms with van der Waals surface area (Å²) in [4.78, 5) is 37.1. The van der Waals surface area contributed by atoms with Gasteiger partial charge in [0.05, 0.1) is 12.5 Å². The molecule has 0 aromatic heterocycles. The Hall–Kier alpha value is -1.43. The molecule has 6 heteroatoms. The summed E-state index contributed by atoms with van der Waals surface area (Å²) in [5.41, 5.74) is -1.01. The lowest BCUT2D eigenvalue weighted by atomic mass is 9.76. The first kappa shape index (κ1) is 15.0. The van der Waals surface area contributed by atoms with Crippen LogP contribution >= 0.6 is 0 Å². The summed E-state index contributed by atoms with van der Waals surface area (Å²) in [5, 5.41) is 12.2. The number of carbonyl (C=O) groups is 3. The first-order valence-electron chi connectivity index (χ1n) is 7.32. The molecule has 2 rings (SSSR count). The number of carboxylic acid groups (broad SMARTS) is 1. The van der Waals surface area contributed by atoms with Crippen LogP contribution in [0.5, 0.6) is 0 Å². The zero-order valence-corrected chi connectivity index (χ0v) is 12.0. The SMILES string of the molecule is CCC(CC)N1C(=O)CC(NC2(C(=O)O)CCC2)C1=O. The Bertz CT molecular complexity index is 427. The Morgan fingerprint density at radius 3 is 2.40 bits per heavy atom.